The summed E-state index contributed by atoms with van der Waals surface area (Å²) in [7, 11) is 0. The molecule has 1 aromatic heterocycles. The number of imide groups is 1. The van der Waals surface area contributed by atoms with Crippen LogP contribution in [0.15, 0.2) is 48.7 Å². The maximum atomic E-state index is 12.9. The monoisotopic (exact) mass is 484 g/mol. The number of carbonyl (C=O) groups is 3. The van der Waals surface area contributed by atoms with E-state index in [-0.39, 0.29) is 24.3 Å². The average Bonchev–Trinajstić information content (AvgIpc) is 3.42. The summed E-state index contributed by atoms with van der Waals surface area (Å²) in [5.74, 6) is -0.112. The molecule has 2 fully saturated rings. The molecule has 3 aromatic rings. The summed E-state index contributed by atoms with van der Waals surface area (Å²) in [5.41, 5.74) is 4.89. The summed E-state index contributed by atoms with van der Waals surface area (Å²) in [6.45, 7) is 5.04. The highest BCUT2D eigenvalue weighted by Crippen LogP contribution is 2.31. The molecule has 8 heteroatoms. The minimum absolute atomic E-state index is 0.0713. The van der Waals surface area contributed by atoms with Crippen molar-refractivity contribution in [2.75, 3.05) is 13.1 Å². The van der Waals surface area contributed by atoms with E-state index in [1.54, 1.807) is 11.0 Å². The number of ether oxygens (including phenoxy) is 1. The number of piperidine rings is 1. The summed E-state index contributed by atoms with van der Waals surface area (Å²) in [4.78, 5) is 45.2. The fraction of sp³-hybridized carbons (Fsp3) is 0.357. The smallest absolute Gasteiger partial charge is 0.255 e. The van der Waals surface area contributed by atoms with Crippen molar-refractivity contribution in [1.82, 2.24) is 20.1 Å². The molecular formula is C28H28N4O4. The van der Waals surface area contributed by atoms with Crippen LogP contribution in [-0.2, 0) is 22.7 Å². The molecular weight excluding hydrogens is 456 g/mol. The number of fused-ring (bicyclic) bond motifs is 2. The number of aryl methyl sites for hydroxylation is 1. The second kappa shape index (κ2) is 9.02. The molecule has 36 heavy (non-hydrogen) atoms. The zero-order chi connectivity index (χ0) is 24.8. The van der Waals surface area contributed by atoms with Crippen LogP contribution in [0.5, 0.6) is 5.75 Å². The molecule has 2 saturated heterocycles. The van der Waals surface area contributed by atoms with Crippen LogP contribution in [0.25, 0.3) is 10.9 Å². The van der Waals surface area contributed by atoms with Gasteiger partial charge in [-0.05, 0) is 67.3 Å². The molecule has 3 amide bonds. The van der Waals surface area contributed by atoms with Crippen molar-refractivity contribution in [2.45, 2.75) is 51.4 Å². The van der Waals surface area contributed by atoms with Gasteiger partial charge in [0, 0.05) is 49.7 Å². The van der Waals surface area contributed by atoms with Crippen LogP contribution in [-0.4, -0.2) is 57.7 Å². The first-order chi connectivity index (χ1) is 17.4. The van der Waals surface area contributed by atoms with Crippen LogP contribution >= 0.6 is 0 Å². The van der Waals surface area contributed by atoms with Gasteiger partial charge < -0.3 is 9.64 Å². The number of aromatic nitrogens is 1. The van der Waals surface area contributed by atoms with Gasteiger partial charge in [-0.3, -0.25) is 29.6 Å². The first-order valence-electron chi connectivity index (χ1n) is 12.4. The van der Waals surface area contributed by atoms with Crippen molar-refractivity contribution in [3.8, 4) is 5.75 Å². The lowest BCUT2D eigenvalue weighted by Gasteiger charge is -2.29. The zero-order valence-corrected chi connectivity index (χ0v) is 20.2. The van der Waals surface area contributed by atoms with Crippen LogP contribution in [0.3, 0.4) is 0 Å². The maximum absolute atomic E-state index is 12.9. The third-order valence-corrected chi connectivity index (χ3v) is 7.33. The lowest BCUT2D eigenvalue weighted by atomic mass is 10.0. The van der Waals surface area contributed by atoms with Gasteiger partial charge in [0.15, 0.2) is 0 Å². The van der Waals surface area contributed by atoms with E-state index in [9.17, 15) is 14.4 Å². The Morgan fingerprint density at radius 3 is 2.83 bits per heavy atom. The topological polar surface area (TPSA) is 91.8 Å². The molecule has 6 rings (SSSR count). The van der Waals surface area contributed by atoms with E-state index in [0.717, 1.165) is 42.9 Å². The van der Waals surface area contributed by atoms with Crippen molar-refractivity contribution >= 4 is 28.6 Å². The van der Waals surface area contributed by atoms with Gasteiger partial charge in [-0.15, -0.1) is 0 Å². The predicted molar refractivity (Wildman–Crippen MR) is 133 cm³/mol. The fourth-order valence-electron chi connectivity index (χ4n) is 5.49. The molecule has 2 aromatic carbocycles. The Kier molecular flexibility index (Phi) is 5.68. The molecule has 2 atom stereocenters. The van der Waals surface area contributed by atoms with E-state index in [1.165, 1.54) is 16.5 Å². The number of pyridine rings is 1. The number of nitrogens with zero attached hydrogens (tertiary/aromatic N) is 3. The Morgan fingerprint density at radius 2 is 1.97 bits per heavy atom. The Morgan fingerprint density at radius 1 is 1.08 bits per heavy atom. The van der Waals surface area contributed by atoms with Gasteiger partial charge in [-0.1, -0.05) is 11.6 Å². The first kappa shape index (κ1) is 22.7. The SMILES string of the molecule is Cc1ccc2ncc(CN3CC[C@H](Oc4ccc5c(c4)CN(C4CCC(=O)NC4=O)C5=O)C3)cc2c1. The van der Waals surface area contributed by atoms with E-state index in [0.29, 0.717) is 18.5 Å². The summed E-state index contributed by atoms with van der Waals surface area (Å²) in [6, 6.07) is 13.5. The van der Waals surface area contributed by atoms with Gasteiger partial charge in [0.2, 0.25) is 11.8 Å². The normalized spacial score (nSPS) is 22.2. The molecule has 0 radical (unpaired) electrons. The standard InChI is InChI=1S/C28H28N4O4/c1-17-2-5-24-19(10-17)11-18(13-29-24)14-31-9-8-22(16-31)36-21-3-4-23-20(12-21)15-32(28(23)35)25-6-7-26(33)30-27(25)34/h2-5,10-13,22,25H,6-9,14-16H2,1H3,(H,30,33,34)/t22-,25?/m0/s1. The van der Waals surface area contributed by atoms with Gasteiger partial charge >= 0.3 is 0 Å². The molecule has 8 nitrogen and oxygen atoms in total. The van der Waals surface area contributed by atoms with Gasteiger partial charge in [-0.25, -0.2) is 0 Å². The van der Waals surface area contributed by atoms with Crippen molar-refractivity contribution in [3.63, 3.8) is 0 Å². The minimum atomic E-state index is -0.608. The Balaban J connectivity index is 1.08. The van der Waals surface area contributed by atoms with Crippen LogP contribution in [0.2, 0.25) is 0 Å². The van der Waals surface area contributed by atoms with E-state index in [4.69, 9.17) is 4.74 Å². The number of nitrogens with one attached hydrogen (secondary N) is 1. The predicted octanol–water partition coefficient (Wildman–Crippen LogP) is 2.96. The molecule has 4 heterocycles. The van der Waals surface area contributed by atoms with Gasteiger partial charge in [0.25, 0.3) is 5.91 Å². The van der Waals surface area contributed by atoms with E-state index < -0.39 is 11.9 Å². The molecule has 1 N–H and O–H groups in total. The first-order valence-corrected chi connectivity index (χ1v) is 12.4. The van der Waals surface area contributed by atoms with Crippen LogP contribution < -0.4 is 10.1 Å². The molecule has 0 aliphatic carbocycles. The maximum Gasteiger partial charge on any atom is 0.255 e. The number of hydrogen-bond donors (Lipinski definition) is 1. The second-order valence-corrected chi connectivity index (χ2v) is 10.0. The third-order valence-electron chi connectivity index (χ3n) is 7.33. The van der Waals surface area contributed by atoms with Crippen LogP contribution in [0.4, 0.5) is 0 Å². The number of carbonyl (C=O) groups excluding carboxylic acids is 3. The summed E-state index contributed by atoms with van der Waals surface area (Å²) in [5, 5.41) is 3.51. The largest absolute Gasteiger partial charge is 0.489 e. The van der Waals surface area contributed by atoms with E-state index in [2.05, 4.69) is 46.4 Å². The van der Waals surface area contributed by atoms with Gasteiger partial charge in [0.05, 0.1) is 5.52 Å². The molecule has 0 saturated carbocycles. The molecule has 1 unspecified atom stereocenters. The number of likely N-dealkylation sites (tertiary alicyclic amines) is 1. The van der Waals surface area contributed by atoms with Crippen molar-refractivity contribution in [1.29, 1.82) is 0 Å². The van der Waals surface area contributed by atoms with Gasteiger partial charge in [-0.2, -0.15) is 0 Å². The Hall–Kier alpha value is -3.78. The number of amides is 3. The van der Waals surface area contributed by atoms with Crippen LogP contribution in [0, 0.1) is 6.92 Å². The van der Waals surface area contributed by atoms with Crippen molar-refractivity contribution < 1.29 is 19.1 Å². The lowest BCUT2D eigenvalue weighted by Crippen LogP contribution is -2.52. The zero-order valence-electron chi connectivity index (χ0n) is 20.2. The average molecular weight is 485 g/mol. The van der Waals surface area contributed by atoms with E-state index in [1.807, 2.05) is 18.3 Å². The summed E-state index contributed by atoms with van der Waals surface area (Å²) >= 11 is 0. The Bertz CT molecular complexity index is 1390. The van der Waals surface area contributed by atoms with Gasteiger partial charge in [0.1, 0.15) is 17.9 Å². The highest BCUT2D eigenvalue weighted by Gasteiger charge is 2.39. The second-order valence-electron chi connectivity index (χ2n) is 10.0. The summed E-state index contributed by atoms with van der Waals surface area (Å²) < 4.78 is 6.29. The highest BCUT2D eigenvalue weighted by molar-refractivity contribution is 6.05. The molecule has 0 spiro atoms. The van der Waals surface area contributed by atoms with Crippen molar-refractivity contribution in [3.05, 3.63) is 70.9 Å². The quantitative estimate of drug-likeness (QED) is 0.560. The number of benzene rings is 2. The number of hydrogen-bond acceptors (Lipinski definition) is 6. The highest BCUT2D eigenvalue weighted by atomic mass is 16.5. The fourth-order valence-corrected chi connectivity index (χ4v) is 5.49. The molecule has 0 bridgehead atoms. The van der Waals surface area contributed by atoms with Crippen LogP contribution in [0.1, 0.15) is 46.3 Å². The minimum Gasteiger partial charge on any atom is -0.489 e. The third kappa shape index (κ3) is 4.33. The molecule has 3 aliphatic rings. The summed E-state index contributed by atoms with van der Waals surface area (Å²) in [6.07, 6.45) is 3.56. The Labute approximate surface area is 209 Å². The number of rotatable bonds is 5. The molecule has 3 aliphatic heterocycles. The van der Waals surface area contributed by atoms with Crippen molar-refractivity contribution in [2.24, 2.45) is 0 Å². The molecule has 184 valence electrons. The van der Waals surface area contributed by atoms with E-state index >= 15 is 0 Å². The lowest BCUT2D eigenvalue weighted by molar-refractivity contribution is -0.136.